The van der Waals surface area contributed by atoms with Crippen LogP contribution in [0.5, 0.6) is 0 Å². The van der Waals surface area contributed by atoms with Gasteiger partial charge in [-0.05, 0) is 43.4 Å². The number of piperidine rings is 1. The molecule has 2 atom stereocenters. The summed E-state index contributed by atoms with van der Waals surface area (Å²) >= 11 is 0. The number of carbonyl (C=O) groups excluding carboxylic acids is 2. The summed E-state index contributed by atoms with van der Waals surface area (Å²) in [6.45, 7) is 2.99. The highest BCUT2D eigenvalue weighted by Gasteiger charge is 2.30. The third-order valence-electron chi connectivity index (χ3n) is 4.88. The lowest BCUT2D eigenvalue weighted by molar-refractivity contribution is -0.135. The molecule has 1 aromatic heterocycles. The Balaban J connectivity index is 1.57. The molecular formula is C21H26N4O2. The molecule has 3 rings (SSSR count). The van der Waals surface area contributed by atoms with Gasteiger partial charge in [-0.3, -0.25) is 9.59 Å². The first kappa shape index (κ1) is 19.0. The Morgan fingerprint density at radius 3 is 2.74 bits per heavy atom. The molecule has 6 heteroatoms. The first-order valence-corrected chi connectivity index (χ1v) is 9.35. The maximum atomic E-state index is 12.7. The van der Waals surface area contributed by atoms with E-state index in [-0.39, 0.29) is 17.7 Å². The molecule has 27 heavy (non-hydrogen) atoms. The molecule has 2 aromatic rings. The van der Waals surface area contributed by atoms with E-state index in [1.165, 1.54) is 0 Å². The molecule has 1 fully saturated rings. The second kappa shape index (κ2) is 8.77. The summed E-state index contributed by atoms with van der Waals surface area (Å²) in [4.78, 5) is 31.2. The van der Waals surface area contributed by atoms with E-state index < -0.39 is 6.04 Å². The number of likely N-dealkylation sites (tertiary alicyclic amines) is 1. The van der Waals surface area contributed by atoms with Crippen molar-refractivity contribution in [1.82, 2.24) is 9.88 Å². The summed E-state index contributed by atoms with van der Waals surface area (Å²) in [5.41, 5.74) is 8.21. The van der Waals surface area contributed by atoms with Crippen molar-refractivity contribution in [2.75, 3.05) is 18.4 Å². The summed E-state index contributed by atoms with van der Waals surface area (Å²) in [7, 11) is 0. The molecule has 1 saturated heterocycles. The van der Waals surface area contributed by atoms with Crippen molar-refractivity contribution in [3.05, 3.63) is 59.8 Å². The van der Waals surface area contributed by atoms with Crippen molar-refractivity contribution >= 4 is 17.6 Å². The lowest BCUT2D eigenvalue weighted by Crippen LogP contribution is -2.50. The normalized spacial score (nSPS) is 18.0. The number of hydrogen-bond donors (Lipinski definition) is 2. The Hall–Kier alpha value is -2.73. The van der Waals surface area contributed by atoms with Crippen LogP contribution in [0.2, 0.25) is 0 Å². The van der Waals surface area contributed by atoms with Crippen LogP contribution in [0.4, 0.5) is 5.82 Å². The van der Waals surface area contributed by atoms with Gasteiger partial charge in [0.1, 0.15) is 5.82 Å². The number of benzene rings is 1. The summed E-state index contributed by atoms with van der Waals surface area (Å²) in [5.74, 6) is 0.106. The van der Waals surface area contributed by atoms with Crippen LogP contribution in [-0.4, -0.2) is 40.8 Å². The number of carbonyl (C=O) groups is 2. The van der Waals surface area contributed by atoms with Crippen LogP contribution in [0.3, 0.4) is 0 Å². The molecule has 2 heterocycles. The maximum Gasteiger partial charge on any atom is 0.239 e. The maximum absolute atomic E-state index is 12.7. The van der Waals surface area contributed by atoms with Crippen LogP contribution in [0.1, 0.15) is 24.0 Å². The van der Waals surface area contributed by atoms with Crippen molar-refractivity contribution in [3.63, 3.8) is 0 Å². The van der Waals surface area contributed by atoms with Crippen molar-refractivity contribution in [1.29, 1.82) is 0 Å². The molecule has 1 aliphatic heterocycles. The lowest BCUT2D eigenvalue weighted by Gasteiger charge is -2.33. The zero-order valence-corrected chi connectivity index (χ0v) is 15.6. The number of hydrogen-bond acceptors (Lipinski definition) is 4. The molecule has 2 amide bonds. The fourth-order valence-corrected chi connectivity index (χ4v) is 3.35. The first-order valence-electron chi connectivity index (χ1n) is 9.35. The smallest absolute Gasteiger partial charge is 0.239 e. The molecule has 2 unspecified atom stereocenters. The summed E-state index contributed by atoms with van der Waals surface area (Å²) in [5, 5.41) is 2.85. The summed E-state index contributed by atoms with van der Waals surface area (Å²) < 4.78 is 0. The highest BCUT2D eigenvalue weighted by molar-refractivity contribution is 5.92. The van der Waals surface area contributed by atoms with Crippen LogP contribution in [0.25, 0.3) is 0 Å². The van der Waals surface area contributed by atoms with Gasteiger partial charge >= 0.3 is 0 Å². The van der Waals surface area contributed by atoms with E-state index in [1.54, 1.807) is 17.2 Å². The van der Waals surface area contributed by atoms with Crippen molar-refractivity contribution in [2.45, 2.75) is 32.2 Å². The van der Waals surface area contributed by atoms with Gasteiger partial charge in [0.2, 0.25) is 11.8 Å². The van der Waals surface area contributed by atoms with E-state index in [9.17, 15) is 9.59 Å². The predicted molar refractivity (Wildman–Crippen MR) is 105 cm³/mol. The van der Waals surface area contributed by atoms with E-state index in [2.05, 4.69) is 10.3 Å². The highest BCUT2D eigenvalue weighted by Crippen LogP contribution is 2.19. The Kier molecular flexibility index (Phi) is 6.19. The number of pyridine rings is 1. The number of aromatic nitrogens is 1. The van der Waals surface area contributed by atoms with Crippen LogP contribution < -0.4 is 11.1 Å². The molecule has 0 bridgehead atoms. The van der Waals surface area contributed by atoms with E-state index >= 15 is 0 Å². The highest BCUT2D eigenvalue weighted by atomic mass is 16.2. The van der Waals surface area contributed by atoms with Gasteiger partial charge in [0, 0.05) is 19.3 Å². The Labute approximate surface area is 159 Å². The predicted octanol–water partition coefficient (Wildman–Crippen LogP) is 2.14. The van der Waals surface area contributed by atoms with Gasteiger partial charge in [-0.1, -0.05) is 36.4 Å². The van der Waals surface area contributed by atoms with E-state index in [0.29, 0.717) is 25.3 Å². The van der Waals surface area contributed by atoms with Gasteiger partial charge in [-0.15, -0.1) is 0 Å². The average Bonchev–Trinajstić information content (AvgIpc) is 2.70. The number of nitrogens with one attached hydrogen (secondary N) is 1. The number of rotatable bonds is 5. The standard InChI is InChI=1S/C21H26N4O2/c1-15-9-10-19(23-13-15)24-20(26)17-8-5-11-25(14-17)21(27)18(22)12-16-6-3-2-4-7-16/h2-4,6-7,9-10,13,17-18H,5,8,11-12,14,22H2,1H3,(H,23,24,26). The molecule has 142 valence electrons. The van der Waals surface area contributed by atoms with E-state index in [4.69, 9.17) is 5.73 Å². The van der Waals surface area contributed by atoms with Crippen molar-refractivity contribution < 1.29 is 9.59 Å². The lowest BCUT2D eigenvalue weighted by atomic mass is 9.96. The minimum absolute atomic E-state index is 0.0928. The number of nitrogens with zero attached hydrogens (tertiary/aromatic N) is 2. The van der Waals surface area contributed by atoms with Crippen LogP contribution in [-0.2, 0) is 16.0 Å². The van der Waals surface area contributed by atoms with Gasteiger partial charge in [-0.25, -0.2) is 4.98 Å². The zero-order valence-electron chi connectivity index (χ0n) is 15.6. The largest absolute Gasteiger partial charge is 0.341 e. The van der Waals surface area contributed by atoms with Crippen molar-refractivity contribution in [2.24, 2.45) is 11.7 Å². The number of nitrogens with two attached hydrogens (primary N) is 1. The number of anilines is 1. The topological polar surface area (TPSA) is 88.3 Å². The minimum atomic E-state index is -0.590. The van der Waals surface area contributed by atoms with Crippen LogP contribution in [0.15, 0.2) is 48.7 Å². The Morgan fingerprint density at radius 2 is 2.04 bits per heavy atom. The second-order valence-electron chi connectivity index (χ2n) is 7.13. The molecule has 0 aliphatic carbocycles. The molecule has 0 saturated carbocycles. The summed E-state index contributed by atoms with van der Waals surface area (Å²) in [6, 6.07) is 12.8. The molecule has 3 N–H and O–H groups in total. The van der Waals surface area contributed by atoms with Crippen molar-refractivity contribution in [3.8, 4) is 0 Å². The fraction of sp³-hybridized carbons (Fsp3) is 0.381. The van der Waals surface area contributed by atoms with Crippen LogP contribution >= 0.6 is 0 Å². The molecular weight excluding hydrogens is 340 g/mol. The summed E-state index contributed by atoms with van der Waals surface area (Å²) in [6.07, 6.45) is 3.77. The first-order chi connectivity index (χ1) is 13.0. The van der Waals surface area contributed by atoms with Crippen LogP contribution in [0, 0.1) is 12.8 Å². The Bertz CT molecular complexity index is 777. The van der Waals surface area contributed by atoms with E-state index in [1.807, 2.05) is 43.3 Å². The third-order valence-corrected chi connectivity index (χ3v) is 4.88. The third kappa shape index (κ3) is 5.14. The Morgan fingerprint density at radius 1 is 1.26 bits per heavy atom. The van der Waals surface area contributed by atoms with Gasteiger partial charge in [0.25, 0.3) is 0 Å². The van der Waals surface area contributed by atoms with Gasteiger partial charge in [0.05, 0.1) is 12.0 Å². The molecule has 1 aliphatic rings. The zero-order chi connectivity index (χ0) is 19.2. The molecule has 6 nitrogen and oxygen atoms in total. The monoisotopic (exact) mass is 366 g/mol. The van der Waals surface area contributed by atoms with Gasteiger partial charge in [-0.2, -0.15) is 0 Å². The molecule has 0 spiro atoms. The van der Waals surface area contributed by atoms with Gasteiger partial charge < -0.3 is 16.0 Å². The average molecular weight is 366 g/mol. The SMILES string of the molecule is Cc1ccc(NC(=O)C2CCCN(C(=O)C(N)Cc3ccccc3)C2)nc1. The molecule has 0 radical (unpaired) electrons. The number of amides is 2. The van der Waals surface area contributed by atoms with E-state index in [0.717, 1.165) is 24.0 Å². The quantitative estimate of drug-likeness (QED) is 0.848. The fourth-order valence-electron chi connectivity index (χ4n) is 3.35. The minimum Gasteiger partial charge on any atom is -0.341 e. The second-order valence-corrected chi connectivity index (χ2v) is 7.13. The number of aryl methyl sites for hydroxylation is 1. The molecule has 1 aromatic carbocycles. The van der Waals surface area contributed by atoms with Gasteiger partial charge in [0.15, 0.2) is 0 Å².